The fourth-order valence-corrected chi connectivity index (χ4v) is 12.2. The Morgan fingerprint density at radius 3 is 1.94 bits per heavy atom. The average Bonchev–Trinajstić information content (AvgIpc) is 2.98. The minimum atomic E-state index is 0.462. The molecule has 0 amide bonds. The first kappa shape index (κ1) is 23.5. The van der Waals surface area contributed by atoms with Crippen LogP contribution in [-0.2, 0) is 0 Å². The Morgan fingerprint density at radius 2 is 1.28 bits per heavy atom. The van der Waals surface area contributed by atoms with Gasteiger partial charge in [-0.2, -0.15) is 0 Å². The molecular weight excluding hydrogens is 384 g/mol. The van der Waals surface area contributed by atoms with E-state index in [0.717, 1.165) is 29.6 Å². The van der Waals surface area contributed by atoms with Gasteiger partial charge in [0.15, 0.2) is 0 Å². The summed E-state index contributed by atoms with van der Waals surface area (Å²) < 4.78 is 0. The third-order valence-electron chi connectivity index (χ3n) is 15.1. The summed E-state index contributed by atoms with van der Waals surface area (Å²) in [5.74, 6) is 4.33. The lowest BCUT2D eigenvalue weighted by atomic mass is 9.29. The van der Waals surface area contributed by atoms with Crippen molar-refractivity contribution in [3.05, 3.63) is 12.2 Å². The predicted molar refractivity (Wildman–Crippen MR) is 138 cm³/mol. The van der Waals surface area contributed by atoms with Gasteiger partial charge < -0.3 is 0 Å². The first-order chi connectivity index (χ1) is 14.7. The van der Waals surface area contributed by atoms with Crippen LogP contribution >= 0.6 is 0 Å². The molecule has 0 aliphatic heterocycles. The van der Waals surface area contributed by atoms with Crippen molar-refractivity contribution in [2.45, 2.75) is 127 Å². The lowest BCUT2D eigenvalue weighted by molar-refractivity contribution is -0.266. The summed E-state index contributed by atoms with van der Waals surface area (Å²) in [7, 11) is 0. The molecule has 0 aromatic heterocycles. The first-order valence-corrected chi connectivity index (χ1v) is 14.3. The van der Waals surface area contributed by atoms with Crippen molar-refractivity contribution >= 4 is 0 Å². The fraction of sp³-hybridized carbons (Fsp3) is 0.938. The highest BCUT2D eigenvalue weighted by molar-refractivity contribution is 5.24. The lowest BCUT2D eigenvalue weighted by Crippen LogP contribution is -2.68. The summed E-state index contributed by atoms with van der Waals surface area (Å²) >= 11 is 0. The van der Waals surface area contributed by atoms with Crippen LogP contribution in [0.25, 0.3) is 0 Å². The van der Waals surface area contributed by atoms with Crippen LogP contribution in [-0.4, -0.2) is 0 Å². The van der Waals surface area contributed by atoms with Crippen molar-refractivity contribution in [1.82, 2.24) is 0 Å². The van der Waals surface area contributed by atoms with Crippen molar-refractivity contribution in [3.63, 3.8) is 0 Å². The van der Waals surface area contributed by atoms with Gasteiger partial charge >= 0.3 is 0 Å². The molecule has 5 aliphatic rings. The van der Waals surface area contributed by atoms with Gasteiger partial charge in [0, 0.05) is 0 Å². The second-order valence-electron chi connectivity index (χ2n) is 15.6. The molecule has 0 spiro atoms. The highest BCUT2D eigenvalue weighted by Gasteiger charge is 2.72. The minimum absolute atomic E-state index is 0.462. The first-order valence-electron chi connectivity index (χ1n) is 14.3. The zero-order valence-corrected chi connectivity index (χ0v) is 23.2. The smallest absolute Gasteiger partial charge is 0.0147 e. The average molecular weight is 439 g/mol. The van der Waals surface area contributed by atoms with Gasteiger partial charge in [-0.3, -0.25) is 0 Å². The Hall–Kier alpha value is -0.260. The van der Waals surface area contributed by atoms with E-state index in [2.05, 4.69) is 68.9 Å². The molecule has 0 N–H and O–H groups in total. The number of hydrogen-bond donors (Lipinski definition) is 0. The molecule has 0 saturated heterocycles. The molecule has 0 radical (unpaired) electrons. The van der Waals surface area contributed by atoms with E-state index in [1.165, 1.54) is 69.8 Å². The Kier molecular flexibility index (Phi) is 4.91. The van der Waals surface area contributed by atoms with E-state index in [1.807, 2.05) is 0 Å². The van der Waals surface area contributed by atoms with Crippen molar-refractivity contribution in [1.29, 1.82) is 0 Å². The summed E-state index contributed by atoms with van der Waals surface area (Å²) in [6.45, 7) is 28.5. The number of allylic oxidation sites excluding steroid dienone is 1. The molecule has 182 valence electrons. The van der Waals surface area contributed by atoms with E-state index in [-0.39, 0.29) is 0 Å². The highest BCUT2D eigenvalue weighted by Crippen LogP contribution is 2.80. The largest absolute Gasteiger partial charge is 0.0998 e. The summed E-state index contributed by atoms with van der Waals surface area (Å²) in [6.07, 6.45) is 14.6. The molecule has 5 saturated carbocycles. The Morgan fingerprint density at radius 1 is 0.688 bits per heavy atom. The molecular formula is C32H54. The highest BCUT2D eigenvalue weighted by atomic mass is 14.8. The van der Waals surface area contributed by atoms with Gasteiger partial charge in [0.2, 0.25) is 0 Å². The van der Waals surface area contributed by atoms with E-state index in [9.17, 15) is 0 Å². The standard InChI is InChI=1S/C32H54/c1-21(2)23-12-16-28(6)17-13-24-25(32(23,28)10)14-20-31(9)29(24,7)19-15-26-27(4,5)22(3)11-18-30(26,31)8/h22-26H,1,11-20H2,2-10H3/t22-,23-,24?,25?,26?,28+,29-,30-,31?,32?/m0/s1. The monoisotopic (exact) mass is 438 g/mol. The number of hydrogen-bond acceptors (Lipinski definition) is 0. The maximum Gasteiger partial charge on any atom is -0.0147 e. The SMILES string of the molecule is C=C(C)[C@@H]1CC[C@]2(C)CCC3C(CCC4(C)[C@@]3(C)CCC3C(C)(C)[C@@H](C)CC[C@@]34C)C12C. The lowest BCUT2D eigenvalue weighted by Gasteiger charge is -2.75. The van der Waals surface area contributed by atoms with Crippen LogP contribution in [0.3, 0.4) is 0 Å². The van der Waals surface area contributed by atoms with E-state index in [0.29, 0.717) is 32.5 Å². The Balaban J connectivity index is 1.58. The third kappa shape index (κ3) is 2.42. The van der Waals surface area contributed by atoms with Gasteiger partial charge in [-0.25, -0.2) is 0 Å². The van der Waals surface area contributed by atoms with Crippen LogP contribution in [0.4, 0.5) is 0 Å². The molecule has 0 bridgehead atoms. The van der Waals surface area contributed by atoms with Crippen molar-refractivity contribution < 1.29 is 0 Å². The van der Waals surface area contributed by atoms with Crippen LogP contribution in [0.5, 0.6) is 0 Å². The van der Waals surface area contributed by atoms with E-state index < -0.39 is 0 Å². The van der Waals surface area contributed by atoms with Crippen molar-refractivity contribution in [3.8, 4) is 0 Å². The summed E-state index contributed by atoms with van der Waals surface area (Å²) in [6, 6.07) is 0. The molecule has 0 nitrogen and oxygen atoms in total. The summed E-state index contributed by atoms with van der Waals surface area (Å²) in [5.41, 5.74) is 4.46. The molecule has 5 unspecified atom stereocenters. The van der Waals surface area contributed by atoms with Gasteiger partial charge in [0.05, 0.1) is 0 Å². The Bertz CT molecular complexity index is 805. The number of fused-ring (bicyclic) bond motifs is 7. The quantitative estimate of drug-likeness (QED) is 0.357. The van der Waals surface area contributed by atoms with Gasteiger partial charge in [0.1, 0.15) is 0 Å². The zero-order chi connectivity index (χ0) is 23.5. The summed E-state index contributed by atoms with van der Waals surface area (Å²) in [4.78, 5) is 0. The van der Waals surface area contributed by atoms with Gasteiger partial charge in [-0.05, 0) is 133 Å². The minimum Gasteiger partial charge on any atom is -0.0998 e. The second kappa shape index (κ2) is 6.69. The molecule has 0 aromatic rings. The van der Waals surface area contributed by atoms with E-state index in [4.69, 9.17) is 0 Å². The number of rotatable bonds is 1. The maximum absolute atomic E-state index is 4.54. The van der Waals surface area contributed by atoms with Crippen LogP contribution in [0.1, 0.15) is 127 Å². The van der Waals surface area contributed by atoms with Crippen LogP contribution < -0.4 is 0 Å². The van der Waals surface area contributed by atoms with Gasteiger partial charge in [-0.1, -0.05) is 67.5 Å². The molecule has 5 fully saturated rings. The third-order valence-corrected chi connectivity index (χ3v) is 15.1. The van der Waals surface area contributed by atoms with Crippen LogP contribution in [0.15, 0.2) is 12.2 Å². The molecule has 5 aliphatic carbocycles. The topological polar surface area (TPSA) is 0 Å². The molecule has 32 heavy (non-hydrogen) atoms. The molecule has 0 heteroatoms. The maximum atomic E-state index is 4.54. The normalized spacial score (nSPS) is 58.8. The fourth-order valence-electron chi connectivity index (χ4n) is 12.2. The van der Waals surface area contributed by atoms with Crippen LogP contribution in [0, 0.1) is 62.1 Å². The van der Waals surface area contributed by atoms with Crippen molar-refractivity contribution in [2.24, 2.45) is 62.1 Å². The van der Waals surface area contributed by atoms with Crippen molar-refractivity contribution in [2.75, 3.05) is 0 Å². The zero-order valence-electron chi connectivity index (χ0n) is 23.2. The molecule has 10 atom stereocenters. The Labute approximate surface area is 200 Å². The van der Waals surface area contributed by atoms with Gasteiger partial charge in [-0.15, -0.1) is 0 Å². The molecule has 0 heterocycles. The molecule has 0 aromatic carbocycles. The predicted octanol–water partition coefficient (Wildman–Crippen LogP) is 9.69. The van der Waals surface area contributed by atoms with E-state index in [1.54, 1.807) is 0 Å². The second-order valence-corrected chi connectivity index (χ2v) is 15.6. The van der Waals surface area contributed by atoms with E-state index >= 15 is 0 Å². The molecule has 5 rings (SSSR count). The summed E-state index contributed by atoms with van der Waals surface area (Å²) in [5, 5.41) is 0. The van der Waals surface area contributed by atoms with Gasteiger partial charge in [0.25, 0.3) is 0 Å². The van der Waals surface area contributed by atoms with Crippen LogP contribution in [0.2, 0.25) is 0 Å².